The van der Waals surface area contributed by atoms with E-state index in [4.69, 9.17) is 4.98 Å². The summed E-state index contributed by atoms with van der Waals surface area (Å²) in [5.74, 6) is 1.84. The second-order valence-corrected chi connectivity index (χ2v) is 6.15. The molecule has 0 amide bonds. The Balaban J connectivity index is 1.84. The minimum absolute atomic E-state index is 0.723. The van der Waals surface area contributed by atoms with Crippen LogP contribution in [0, 0.1) is 12.8 Å². The lowest BCUT2D eigenvalue weighted by atomic mass is 10.1. The van der Waals surface area contributed by atoms with Crippen LogP contribution in [0.1, 0.15) is 17.9 Å². The predicted molar refractivity (Wildman–Crippen MR) is 81.1 cm³/mol. The highest BCUT2D eigenvalue weighted by Crippen LogP contribution is 2.25. The number of nitrogens with one attached hydrogen (secondary N) is 2. The lowest BCUT2D eigenvalue weighted by Gasteiger charge is -2.04. The molecule has 2 aromatic rings. The van der Waals surface area contributed by atoms with Gasteiger partial charge in [-0.2, -0.15) is 0 Å². The van der Waals surface area contributed by atoms with Crippen LogP contribution in [-0.2, 0) is 6.42 Å². The van der Waals surface area contributed by atoms with Crippen LogP contribution in [0.15, 0.2) is 28.7 Å². The SMILES string of the molecule is Cc1[nH]c(CC2CCNC2)nc1-c1cccc(Br)c1. The van der Waals surface area contributed by atoms with Gasteiger partial charge in [0.15, 0.2) is 0 Å². The molecule has 100 valence electrons. The Hall–Kier alpha value is -1.13. The minimum Gasteiger partial charge on any atom is -0.346 e. The summed E-state index contributed by atoms with van der Waals surface area (Å²) in [6.45, 7) is 4.36. The monoisotopic (exact) mass is 319 g/mol. The highest BCUT2D eigenvalue weighted by Gasteiger charge is 2.17. The van der Waals surface area contributed by atoms with E-state index in [9.17, 15) is 0 Å². The van der Waals surface area contributed by atoms with Crippen molar-refractivity contribution in [3.63, 3.8) is 0 Å². The number of hydrogen-bond acceptors (Lipinski definition) is 2. The van der Waals surface area contributed by atoms with Crippen molar-refractivity contribution in [2.75, 3.05) is 13.1 Å². The summed E-state index contributed by atoms with van der Waals surface area (Å²) in [6, 6.07) is 8.31. The first-order valence-electron chi connectivity index (χ1n) is 6.74. The third kappa shape index (κ3) is 2.90. The number of H-pyrrole nitrogens is 1. The number of rotatable bonds is 3. The maximum absolute atomic E-state index is 4.78. The lowest BCUT2D eigenvalue weighted by molar-refractivity contribution is 0.564. The number of imidazole rings is 1. The van der Waals surface area contributed by atoms with Gasteiger partial charge in [-0.3, -0.25) is 0 Å². The normalized spacial score (nSPS) is 18.9. The van der Waals surface area contributed by atoms with Gasteiger partial charge in [0, 0.05) is 22.2 Å². The fourth-order valence-electron chi connectivity index (χ4n) is 2.70. The number of benzene rings is 1. The fraction of sp³-hybridized carbons (Fsp3) is 0.400. The van der Waals surface area contributed by atoms with E-state index in [1.165, 1.54) is 12.0 Å². The molecule has 1 atom stereocenters. The van der Waals surface area contributed by atoms with Crippen molar-refractivity contribution >= 4 is 15.9 Å². The zero-order valence-electron chi connectivity index (χ0n) is 11.0. The van der Waals surface area contributed by atoms with Crippen molar-refractivity contribution in [3.05, 3.63) is 40.3 Å². The van der Waals surface area contributed by atoms with Gasteiger partial charge in [-0.25, -0.2) is 4.98 Å². The topological polar surface area (TPSA) is 40.7 Å². The minimum atomic E-state index is 0.723. The fourth-order valence-corrected chi connectivity index (χ4v) is 3.10. The Morgan fingerprint density at radius 1 is 1.42 bits per heavy atom. The third-order valence-corrected chi connectivity index (χ3v) is 4.17. The highest BCUT2D eigenvalue weighted by molar-refractivity contribution is 9.10. The first-order chi connectivity index (χ1) is 9.22. The van der Waals surface area contributed by atoms with Gasteiger partial charge < -0.3 is 10.3 Å². The maximum atomic E-state index is 4.78. The van der Waals surface area contributed by atoms with Crippen molar-refractivity contribution < 1.29 is 0 Å². The van der Waals surface area contributed by atoms with Crippen LogP contribution in [0.3, 0.4) is 0 Å². The Morgan fingerprint density at radius 2 is 2.32 bits per heavy atom. The van der Waals surface area contributed by atoms with Crippen molar-refractivity contribution in [2.45, 2.75) is 19.8 Å². The van der Waals surface area contributed by atoms with Crippen molar-refractivity contribution in [3.8, 4) is 11.3 Å². The Morgan fingerprint density at radius 3 is 3.05 bits per heavy atom. The molecule has 0 spiro atoms. The summed E-state index contributed by atoms with van der Waals surface area (Å²) in [5, 5.41) is 3.41. The van der Waals surface area contributed by atoms with E-state index in [1.54, 1.807) is 0 Å². The highest BCUT2D eigenvalue weighted by atomic mass is 79.9. The van der Waals surface area contributed by atoms with Gasteiger partial charge in [0.1, 0.15) is 5.82 Å². The molecule has 1 unspecified atom stereocenters. The molecule has 4 heteroatoms. The third-order valence-electron chi connectivity index (χ3n) is 3.68. The molecule has 1 saturated heterocycles. The van der Waals surface area contributed by atoms with Crippen LogP contribution >= 0.6 is 15.9 Å². The van der Waals surface area contributed by atoms with E-state index < -0.39 is 0 Å². The maximum Gasteiger partial charge on any atom is 0.107 e. The summed E-state index contributed by atoms with van der Waals surface area (Å²) in [5.41, 5.74) is 3.39. The van der Waals surface area contributed by atoms with Crippen LogP contribution in [0.25, 0.3) is 11.3 Å². The molecule has 1 aromatic carbocycles. The van der Waals surface area contributed by atoms with Crippen LogP contribution in [0.2, 0.25) is 0 Å². The molecule has 3 rings (SSSR count). The summed E-state index contributed by atoms with van der Waals surface area (Å²) in [7, 11) is 0. The van der Waals surface area contributed by atoms with Crippen molar-refractivity contribution in [1.29, 1.82) is 0 Å². The van der Waals surface area contributed by atoms with E-state index in [2.05, 4.69) is 45.3 Å². The van der Waals surface area contributed by atoms with Gasteiger partial charge in [-0.15, -0.1) is 0 Å². The van der Waals surface area contributed by atoms with Gasteiger partial charge >= 0.3 is 0 Å². The van der Waals surface area contributed by atoms with E-state index >= 15 is 0 Å². The average molecular weight is 320 g/mol. The average Bonchev–Trinajstić information content (AvgIpc) is 3.00. The molecule has 1 aliphatic heterocycles. The summed E-state index contributed by atoms with van der Waals surface area (Å²) in [4.78, 5) is 8.22. The van der Waals surface area contributed by atoms with Gasteiger partial charge in [0.05, 0.1) is 5.69 Å². The van der Waals surface area contributed by atoms with Gasteiger partial charge in [0.25, 0.3) is 0 Å². The molecular weight excluding hydrogens is 302 g/mol. The van der Waals surface area contributed by atoms with Crippen molar-refractivity contribution in [2.24, 2.45) is 5.92 Å². The Bertz CT molecular complexity index is 571. The molecule has 0 radical (unpaired) electrons. The number of aromatic amines is 1. The predicted octanol–water partition coefficient (Wildman–Crippen LogP) is 3.30. The molecule has 2 heterocycles. The molecular formula is C15H18BrN3. The molecule has 0 bridgehead atoms. The number of aromatic nitrogens is 2. The van der Waals surface area contributed by atoms with Crippen LogP contribution < -0.4 is 5.32 Å². The molecule has 1 aliphatic rings. The number of halogens is 1. The molecule has 0 saturated carbocycles. The van der Waals surface area contributed by atoms with Crippen LogP contribution in [0.5, 0.6) is 0 Å². The zero-order valence-corrected chi connectivity index (χ0v) is 12.6. The molecule has 1 fully saturated rings. The van der Waals surface area contributed by atoms with Gasteiger partial charge in [0.2, 0.25) is 0 Å². The largest absolute Gasteiger partial charge is 0.346 e. The summed E-state index contributed by atoms with van der Waals surface area (Å²) >= 11 is 3.52. The summed E-state index contributed by atoms with van der Waals surface area (Å²) < 4.78 is 1.09. The van der Waals surface area contributed by atoms with E-state index in [1.807, 2.05) is 12.1 Å². The van der Waals surface area contributed by atoms with E-state index in [0.29, 0.717) is 0 Å². The zero-order chi connectivity index (χ0) is 13.2. The van der Waals surface area contributed by atoms with E-state index in [-0.39, 0.29) is 0 Å². The Labute approximate surface area is 122 Å². The first kappa shape index (κ1) is 12.9. The number of hydrogen-bond donors (Lipinski definition) is 2. The molecule has 2 N–H and O–H groups in total. The van der Waals surface area contributed by atoms with Crippen LogP contribution in [-0.4, -0.2) is 23.1 Å². The molecule has 19 heavy (non-hydrogen) atoms. The molecule has 0 aliphatic carbocycles. The van der Waals surface area contributed by atoms with E-state index in [0.717, 1.165) is 47.1 Å². The standard InChI is InChI=1S/C15H18BrN3/c1-10-15(12-3-2-4-13(16)8-12)19-14(18-10)7-11-5-6-17-9-11/h2-4,8,11,17H,5-7,9H2,1H3,(H,18,19). The second-order valence-electron chi connectivity index (χ2n) is 5.23. The van der Waals surface area contributed by atoms with Crippen LogP contribution in [0.4, 0.5) is 0 Å². The van der Waals surface area contributed by atoms with Crippen molar-refractivity contribution in [1.82, 2.24) is 15.3 Å². The first-order valence-corrected chi connectivity index (χ1v) is 7.54. The quantitative estimate of drug-likeness (QED) is 0.911. The Kier molecular flexibility index (Phi) is 3.71. The van der Waals surface area contributed by atoms with Gasteiger partial charge in [-0.1, -0.05) is 28.1 Å². The second kappa shape index (κ2) is 5.47. The number of nitrogens with zero attached hydrogens (tertiary/aromatic N) is 1. The summed E-state index contributed by atoms with van der Waals surface area (Å²) in [6.07, 6.45) is 2.30. The van der Waals surface area contributed by atoms with Gasteiger partial charge in [-0.05, 0) is 44.5 Å². The molecule has 3 nitrogen and oxygen atoms in total. The number of aryl methyl sites for hydroxylation is 1. The lowest BCUT2D eigenvalue weighted by Crippen LogP contribution is -2.11. The smallest absolute Gasteiger partial charge is 0.107 e. The molecule has 1 aromatic heterocycles.